The van der Waals surface area contributed by atoms with E-state index in [1.807, 2.05) is 0 Å². The first-order valence-electron chi connectivity index (χ1n) is 19.4. The molecule has 0 amide bonds. The third-order valence-corrected chi connectivity index (χ3v) is 11.6. The van der Waals surface area contributed by atoms with Crippen molar-refractivity contribution in [2.24, 2.45) is 0 Å². The summed E-state index contributed by atoms with van der Waals surface area (Å²) in [5.41, 5.74) is 12.2. The Morgan fingerprint density at radius 3 is 1.07 bits per heavy atom. The molecule has 11 rings (SSSR count). The quantitative estimate of drug-likeness (QED) is 0.123. The summed E-state index contributed by atoms with van der Waals surface area (Å²) in [6.07, 6.45) is 0. The first-order valence-corrected chi connectivity index (χ1v) is 19.4. The molecule has 0 heteroatoms. The van der Waals surface area contributed by atoms with Crippen molar-refractivity contribution < 1.29 is 0 Å². The summed E-state index contributed by atoms with van der Waals surface area (Å²) in [6.45, 7) is 0. The highest BCUT2D eigenvalue weighted by atomic mass is 14.3. The zero-order valence-corrected chi connectivity index (χ0v) is 30.8. The summed E-state index contributed by atoms with van der Waals surface area (Å²) in [5.74, 6) is 0. The largest absolute Gasteiger partial charge is 0.0622 e. The molecule has 11 aromatic rings. The molecule has 0 aromatic heterocycles. The molecule has 260 valence electrons. The van der Waals surface area contributed by atoms with E-state index in [-0.39, 0.29) is 0 Å². The van der Waals surface area contributed by atoms with Gasteiger partial charge in [-0.05, 0) is 140 Å². The summed E-state index contributed by atoms with van der Waals surface area (Å²) < 4.78 is 0. The van der Waals surface area contributed by atoms with Crippen molar-refractivity contribution in [3.63, 3.8) is 0 Å². The first-order chi connectivity index (χ1) is 27.8. The normalized spacial score (nSPS) is 11.6. The van der Waals surface area contributed by atoms with E-state index in [2.05, 4.69) is 218 Å². The second kappa shape index (κ2) is 13.2. The lowest BCUT2D eigenvalue weighted by Crippen LogP contribution is -1.96. The molecule has 0 N–H and O–H groups in total. The van der Waals surface area contributed by atoms with Gasteiger partial charge in [-0.15, -0.1) is 0 Å². The van der Waals surface area contributed by atoms with Crippen LogP contribution in [0.3, 0.4) is 0 Å². The number of rotatable bonds is 5. The molecule has 0 nitrogen and oxygen atoms in total. The van der Waals surface area contributed by atoms with E-state index in [4.69, 9.17) is 0 Å². The highest BCUT2D eigenvalue weighted by Gasteiger charge is 2.24. The maximum absolute atomic E-state index is 2.44. The van der Waals surface area contributed by atoms with Crippen LogP contribution in [-0.2, 0) is 0 Å². The van der Waals surface area contributed by atoms with Gasteiger partial charge in [0.1, 0.15) is 0 Å². The SMILES string of the molecule is c1ccc(-c2cc(-c3ccccc3)cc(-c3c4ccccc4c(-c4cc5ccccc5cc4-c4ccccc4)c4c5ccccc5c5ccccc5c34)c2)cc1. The van der Waals surface area contributed by atoms with E-state index in [1.165, 1.54) is 109 Å². The Hall–Kier alpha value is -7.28. The first kappa shape index (κ1) is 32.2. The van der Waals surface area contributed by atoms with E-state index < -0.39 is 0 Å². The molecule has 0 radical (unpaired) electrons. The second-order valence-electron chi connectivity index (χ2n) is 14.8. The van der Waals surface area contributed by atoms with Crippen molar-refractivity contribution >= 4 is 53.9 Å². The molecule has 0 heterocycles. The summed E-state index contributed by atoms with van der Waals surface area (Å²) in [5, 5.41) is 12.6. The summed E-state index contributed by atoms with van der Waals surface area (Å²) in [6, 6.07) is 80.5. The van der Waals surface area contributed by atoms with Crippen LogP contribution in [0.15, 0.2) is 218 Å². The summed E-state index contributed by atoms with van der Waals surface area (Å²) in [4.78, 5) is 0. The molecule has 0 fully saturated rings. The fourth-order valence-corrected chi connectivity index (χ4v) is 9.10. The van der Waals surface area contributed by atoms with Crippen LogP contribution >= 0.6 is 0 Å². The minimum Gasteiger partial charge on any atom is -0.0622 e. The Labute approximate surface area is 326 Å². The van der Waals surface area contributed by atoms with Crippen LogP contribution in [0.2, 0.25) is 0 Å². The Morgan fingerprint density at radius 2 is 0.554 bits per heavy atom. The molecule has 0 aliphatic rings. The van der Waals surface area contributed by atoms with E-state index in [0.717, 1.165) is 0 Å². The van der Waals surface area contributed by atoms with Gasteiger partial charge in [-0.2, -0.15) is 0 Å². The zero-order valence-electron chi connectivity index (χ0n) is 30.8. The highest BCUT2D eigenvalue weighted by molar-refractivity contribution is 6.37. The predicted octanol–water partition coefficient (Wildman–Crippen LogP) is 15.8. The topological polar surface area (TPSA) is 0 Å². The fraction of sp³-hybridized carbons (Fsp3) is 0. The van der Waals surface area contributed by atoms with Crippen molar-refractivity contribution in [1.82, 2.24) is 0 Å². The Balaban J connectivity index is 1.38. The van der Waals surface area contributed by atoms with Gasteiger partial charge in [-0.25, -0.2) is 0 Å². The molecule has 0 saturated carbocycles. The monoisotopic (exact) mass is 708 g/mol. The summed E-state index contributed by atoms with van der Waals surface area (Å²) in [7, 11) is 0. The Bertz CT molecular complexity index is 3210. The molecule has 0 bridgehead atoms. The predicted molar refractivity (Wildman–Crippen MR) is 241 cm³/mol. The molecule has 0 unspecified atom stereocenters. The molecule has 0 aliphatic carbocycles. The minimum atomic E-state index is 1.20. The van der Waals surface area contributed by atoms with Gasteiger partial charge in [0.15, 0.2) is 0 Å². The average molecular weight is 709 g/mol. The van der Waals surface area contributed by atoms with Gasteiger partial charge in [0.05, 0.1) is 0 Å². The molecule has 11 aromatic carbocycles. The molecule has 0 atom stereocenters. The standard InChI is InChI=1S/C56H36/c1-4-18-37(19-5-1)42-32-43(38-20-6-2-7-21-38)34-44(33-42)53-49-30-16-17-31-50(49)54(56-48-29-15-13-27-46(48)45-26-12-14-28-47(45)55(53)56)52-36-41-25-11-10-24-40(41)35-51(52)39-22-8-3-9-23-39/h1-36H. The molecule has 56 heavy (non-hydrogen) atoms. The van der Waals surface area contributed by atoms with Crippen molar-refractivity contribution in [2.75, 3.05) is 0 Å². The smallest absolute Gasteiger partial charge is 0.000741 e. The van der Waals surface area contributed by atoms with Crippen LogP contribution in [0.5, 0.6) is 0 Å². The van der Waals surface area contributed by atoms with Crippen LogP contribution < -0.4 is 0 Å². The van der Waals surface area contributed by atoms with Gasteiger partial charge in [0, 0.05) is 0 Å². The highest BCUT2D eigenvalue weighted by Crippen LogP contribution is 2.52. The zero-order chi connectivity index (χ0) is 37.0. The van der Waals surface area contributed by atoms with Gasteiger partial charge in [-0.3, -0.25) is 0 Å². The molecular weight excluding hydrogens is 673 g/mol. The van der Waals surface area contributed by atoms with Crippen LogP contribution in [0.4, 0.5) is 0 Å². The van der Waals surface area contributed by atoms with E-state index >= 15 is 0 Å². The van der Waals surface area contributed by atoms with E-state index in [9.17, 15) is 0 Å². The van der Waals surface area contributed by atoms with Crippen LogP contribution in [0.1, 0.15) is 0 Å². The van der Waals surface area contributed by atoms with Gasteiger partial charge in [-0.1, -0.05) is 188 Å². The third kappa shape index (κ3) is 5.22. The average Bonchev–Trinajstić information content (AvgIpc) is 3.28. The number of hydrogen-bond donors (Lipinski definition) is 0. The lowest BCUT2D eigenvalue weighted by atomic mass is 9.79. The number of benzene rings is 11. The maximum atomic E-state index is 2.44. The fourth-order valence-electron chi connectivity index (χ4n) is 9.10. The number of hydrogen-bond acceptors (Lipinski definition) is 0. The molecule has 0 spiro atoms. The van der Waals surface area contributed by atoms with Crippen molar-refractivity contribution in [1.29, 1.82) is 0 Å². The van der Waals surface area contributed by atoms with Gasteiger partial charge >= 0.3 is 0 Å². The Morgan fingerprint density at radius 1 is 0.196 bits per heavy atom. The lowest BCUT2D eigenvalue weighted by molar-refractivity contribution is 1.58. The lowest BCUT2D eigenvalue weighted by Gasteiger charge is -2.24. The number of fused-ring (bicyclic) bond motifs is 8. The van der Waals surface area contributed by atoms with Crippen molar-refractivity contribution in [3.8, 4) is 55.6 Å². The minimum absolute atomic E-state index is 1.20. The maximum Gasteiger partial charge on any atom is -0.000741 e. The molecule has 0 aliphatic heterocycles. The van der Waals surface area contributed by atoms with Gasteiger partial charge < -0.3 is 0 Å². The van der Waals surface area contributed by atoms with Crippen molar-refractivity contribution in [3.05, 3.63) is 218 Å². The Kier molecular flexibility index (Phi) is 7.60. The van der Waals surface area contributed by atoms with Crippen LogP contribution in [0.25, 0.3) is 109 Å². The van der Waals surface area contributed by atoms with Gasteiger partial charge in [0.2, 0.25) is 0 Å². The van der Waals surface area contributed by atoms with E-state index in [1.54, 1.807) is 0 Å². The van der Waals surface area contributed by atoms with E-state index in [0.29, 0.717) is 0 Å². The second-order valence-corrected chi connectivity index (χ2v) is 14.8. The summed E-state index contributed by atoms with van der Waals surface area (Å²) >= 11 is 0. The third-order valence-electron chi connectivity index (χ3n) is 11.6. The van der Waals surface area contributed by atoms with Gasteiger partial charge in [0.25, 0.3) is 0 Å². The van der Waals surface area contributed by atoms with Crippen LogP contribution in [0, 0.1) is 0 Å². The molecular formula is C56H36. The van der Waals surface area contributed by atoms with Crippen molar-refractivity contribution in [2.45, 2.75) is 0 Å². The van der Waals surface area contributed by atoms with Crippen LogP contribution in [-0.4, -0.2) is 0 Å². The molecule has 0 saturated heterocycles.